The number of imidazole rings is 1. The van der Waals surface area contributed by atoms with Crippen molar-refractivity contribution in [2.45, 2.75) is 19.9 Å². The van der Waals surface area contributed by atoms with Crippen LogP contribution >= 0.6 is 0 Å². The van der Waals surface area contributed by atoms with Gasteiger partial charge in [-0.05, 0) is 48.9 Å². The van der Waals surface area contributed by atoms with E-state index in [1.807, 2.05) is 13.0 Å². The SMILES string of the molecule is COCCn1c(NC(=O)Cc2ccc(Oc3ncccc3C)c(F)c2)nc2cc(C(N)=O)ccc21. The van der Waals surface area contributed by atoms with Gasteiger partial charge in [-0.15, -0.1) is 0 Å². The number of halogens is 1. The van der Waals surface area contributed by atoms with Gasteiger partial charge in [-0.2, -0.15) is 0 Å². The van der Waals surface area contributed by atoms with Gasteiger partial charge in [0.25, 0.3) is 0 Å². The molecule has 10 heteroatoms. The summed E-state index contributed by atoms with van der Waals surface area (Å²) in [7, 11) is 1.57. The van der Waals surface area contributed by atoms with Crippen LogP contribution in [0.15, 0.2) is 54.7 Å². The van der Waals surface area contributed by atoms with Gasteiger partial charge in [-0.1, -0.05) is 12.1 Å². The summed E-state index contributed by atoms with van der Waals surface area (Å²) in [4.78, 5) is 32.8. The minimum absolute atomic E-state index is 0.0163. The third-order valence-electron chi connectivity index (χ3n) is 5.33. The number of aromatic nitrogens is 3. The van der Waals surface area contributed by atoms with Crippen LogP contribution in [0.25, 0.3) is 11.0 Å². The molecular weight excluding hydrogens is 453 g/mol. The topological polar surface area (TPSA) is 121 Å². The molecule has 2 heterocycles. The van der Waals surface area contributed by atoms with E-state index in [0.717, 1.165) is 5.56 Å². The van der Waals surface area contributed by atoms with Crippen molar-refractivity contribution in [3.8, 4) is 11.6 Å². The lowest BCUT2D eigenvalue weighted by molar-refractivity contribution is -0.115. The molecule has 2 amide bonds. The molecule has 2 aromatic heterocycles. The Bertz CT molecular complexity index is 1400. The molecule has 180 valence electrons. The summed E-state index contributed by atoms with van der Waals surface area (Å²) in [5.41, 5.74) is 8.12. The van der Waals surface area contributed by atoms with Gasteiger partial charge >= 0.3 is 0 Å². The number of anilines is 1. The first-order chi connectivity index (χ1) is 16.9. The molecule has 4 rings (SSSR count). The van der Waals surface area contributed by atoms with Crippen molar-refractivity contribution in [2.75, 3.05) is 19.0 Å². The molecular formula is C25H24FN5O4. The fraction of sp³-hybridized carbons (Fsp3) is 0.200. The molecule has 0 radical (unpaired) electrons. The van der Waals surface area contributed by atoms with E-state index in [1.165, 1.54) is 12.1 Å². The number of methoxy groups -OCH3 is 1. The first-order valence-electron chi connectivity index (χ1n) is 10.8. The summed E-state index contributed by atoms with van der Waals surface area (Å²) < 4.78 is 27.1. The number of nitrogens with zero attached hydrogens (tertiary/aromatic N) is 3. The number of aryl methyl sites for hydroxylation is 1. The second-order valence-corrected chi connectivity index (χ2v) is 7.86. The number of carbonyl (C=O) groups is 2. The lowest BCUT2D eigenvalue weighted by atomic mass is 10.1. The Kier molecular flexibility index (Phi) is 7.02. The number of ether oxygens (including phenoxy) is 2. The number of hydrogen-bond acceptors (Lipinski definition) is 6. The van der Waals surface area contributed by atoms with E-state index in [2.05, 4.69) is 15.3 Å². The second kappa shape index (κ2) is 10.3. The number of amides is 2. The quantitative estimate of drug-likeness (QED) is 0.380. The number of benzene rings is 2. The molecule has 2 aromatic carbocycles. The minimum Gasteiger partial charge on any atom is -0.436 e. The lowest BCUT2D eigenvalue weighted by Gasteiger charge is -2.11. The van der Waals surface area contributed by atoms with Gasteiger partial charge in [-0.25, -0.2) is 14.4 Å². The van der Waals surface area contributed by atoms with Crippen LogP contribution in [-0.2, 0) is 22.5 Å². The molecule has 0 aliphatic carbocycles. The highest BCUT2D eigenvalue weighted by molar-refractivity contribution is 5.97. The smallest absolute Gasteiger partial charge is 0.248 e. The van der Waals surface area contributed by atoms with Crippen molar-refractivity contribution >= 4 is 28.8 Å². The normalized spacial score (nSPS) is 10.9. The fourth-order valence-electron chi connectivity index (χ4n) is 3.56. The summed E-state index contributed by atoms with van der Waals surface area (Å²) in [5.74, 6) is -0.949. The van der Waals surface area contributed by atoms with E-state index in [-0.39, 0.29) is 24.0 Å². The maximum atomic E-state index is 14.6. The molecule has 4 aromatic rings. The fourth-order valence-corrected chi connectivity index (χ4v) is 3.56. The molecule has 0 aliphatic rings. The highest BCUT2D eigenvalue weighted by Gasteiger charge is 2.16. The maximum absolute atomic E-state index is 14.6. The van der Waals surface area contributed by atoms with Crippen molar-refractivity contribution in [1.29, 1.82) is 0 Å². The highest BCUT2D eigenvalue weighted by atomic mass is 19.1. The van der Waals surface area contributed by atoms with Crippen molar-refractivity contribution in [2.24, 2.45) is 5.73 Å². The van der Waals surface area contributed by atoms with Crippen LogP contribution in [0.5, 0.6) is 11.6 Å². The first-order valence-corrected chi connectivity index (χ1v) is 10.8. The van der Waals surface area contributed by atoms with Gasteiger partial charge in [0.05, 0.1) is 24.1 Å². The van der Waals surface area contributed by atoms with E-state index in [4.69, 9.17) is 15.2 Å². The Balaban J connectivity index is 1.51. The standard InChI is InChI=1S/C25H24FN5O4/c1-15-4-3-9-28-24(15)35-21-8-5-16(12-18(21)26)13-22(32)30-25-29-19-14-17(23(27)33)6-7-20(19)31(25)10-11-34-2/h3-9,12,14H,10-11,13H2,1-2H3,(H2,27,33)(H,29,30,32). The summed E-state index contributed by atoms with van der Waals surface area (Å²) >= 11 is 0. The molecule has 0 atom stereocenters. The molecule has 0 fully saturated rings. The summed E-state index contributed by atoms with van der Waals surface area (Å²) in [6, 6.07) is 12.8. The van der Waals surface area contributed by atoms with E-state index in [1.54, 1.807) is 48.2 Å². The third kappa shape index (κ3) is 5.44. The predicted molar refractivity (Wildman–Crippen MR) is 128 cm³/mol. The van der Waals surface area contributed by atoms with Crippen molar-refractivity contribution < 1.29 is 23.5 Å². The number of primary amides is 1. The predicted octanol–water partition coefficient (Wildman–Crippen LogP) is 3.60. The monoisotopic (exact) mass is 477 g/mol. The van der Waals surface area contributed by atoms with E-state index >= 15 is 0 Å². The van der Waals surface area contributed by atoms with Crippen LogP contribution in [0.3, 0.4) is 0 Å². The molecule has 0 aliphatic heterocycles. The van der Waals surface area contributed by atoms with Gasteiger partial charge in [-0.3, -0.25) is 14.9 Å². The minimum atomic E-state index is -0.605. The molecule has 0 unspecified atom stereocenters. The number of rotatable bonds is 9. The number of nitrogens with two attached hydrogens (primary N) is 1. The first kappa shape index (κ1) is 23.8. The van der Waals surface area contributed by atoms with E-state index in [0.29, 0.717) is 41.2 Å². The largest absolute Gasteiger partial charge is 0.436 e. The molecule has 0 saturated carbocycles. The molecule has 3 N–H and O–H groups in total. The van der Waals surface area contributed by atoms with Crippen molar-refractivity contribution in [3.05, 3.63) is 77.2 Å². The van der Waals surface area contributed by atoms with Gasteiger partial charge in [0.1, 0.15) is 0 Å². The highest BCUT2D eigenvalue weighted by Crippen LogP contribution is 2.26. The molecule has 35 heavy (non-hydrogen) atoms. The number of fused-ring (bicyclic) bond motifs is 1. The third-order valence-corrected chi connectivity index (χ3v) is 5.33. The lowest BCUT2D eigenvalue weighted by Crippen LogP contribution is -2.19. The van der Waals surface area contributed by atoms with Crippen LogP contribution in [-0.4, -0.2) is 40.1 Å². The summed E-state index contributed by atoms with van der Waals surface area (Å²) in [6.07, 6.45) is 1.48. The maximum Gasteiger partial charge on any atom is 0.248 e. The zero-order chi connectivity index (χ0) is 24.9. The Morgan fingerprint density at radius 1 is 1.17 bits per heavy atom. The second-order valence-electron chi connectivity index (χ2n) is 7.86. The van der Waals surface area contributed by atoms with E-state index < -0.39 is 11.7 Å². The Morgan fingerprint density at radius 3 is 2.71 bits per heavy atom. The Morgan fingerprint density at radius 2 is 2.00 bits per heavy atom. The Labute approximate surface area is 200 Å². The van der Waals surface area contributed by atoms with Crippen LogP contribution in [0.4, 0.5) is 10.3 Å². The molecule has 0 saturated heterocycles. The van der Waals surface area contributed by atoms with E-state index in [9.17, 15) is 14.0 Å². The zero-order valence-electron chi connectivity index (χ0n) is 19.2. The van der Waals surface area contributed by atoms with Gasteiger partial charge in [0, 0.05) is 31.0 Å². The van der Waals surface area contributed by atoms with Gasteiger partial charge in [0.2, 0.25) is 23.6 Å². The molecule has 0 spiro atoms. The Hall–Kier alpha value is -4.31. The van der Waals surface area contributed by atoms with Gasteiger partial charge < -0.3 is 19.8 Å². The number of nitrogens with one attached hydrogen (secondary N) is 1. The molecule has 0 bridgehead atoms. The van der Waals surface area contributed by atoms with Crippen LogP contribution < -0.4 is 15.8 Å². The summed E-state index contributed by atoms with van der Waals surface area (Å²) in [5, 5.41) is 2.76. The number of carbonyl (C=O) groups excluding carboxylic acids is 2. The number of hydrogen-bond donors (Lipinski definition) is 2. The average molecular weight is 477 g/mol. The van der Waals surface area contributed by atoms with Crippen molar-refractivity contribution in [3.63, 3.8) is 0 Å². The zero-order valence-corrected chi connectivity index (χ0v) is 19.2. The van der Waals surface area contributed by atoms with Crippen LogP contribution in [0.2, 0.25) is 0 Å². The van der Waals surface area contributed by atoms with Crippen molar-refractivity contribution in [1.82, 2.24) is 14.5 Å². The molecule has 9 nitrogen and oxygen atoms in total. The number of pyridine rings is 1. The van der Waals surface area contributed by atoms with Gasteiger partial charge in [0.15, 0.2) is 11.6 Å². The average Bonchev–Trinajstić information content (AvgIpc) is 3.16. The summed E-state index contributed by atoms with van der Waals surface area (Å²) in [6.45, 7) is 2.62. The van der Waals surface area contributed by atoms with Crippen LogP contribution in [0, 0.1) is 12.7 Å². The van der Waals surface area contributed by atoms with Crippen LogP contribution in [0.1, 0.15) is 21.5 Å².